The molecule has 0 unspecified atom stereocenters. The highest BCUT2D eigenvalue weighted by Gasteiger charge is 2.20. The molecule has 1 saturated heterocycles. The van der Waals surface area contributed by atoms with Gasteiger partial charge in [0.25, 0.3) is 0 Å². The summed E-state index contributed by atoms with van der Waals surface area (Å²) >= 11 is 11.6. The van der Waals surface area contributed by atoms with Gasteiger partial charge in [-0.2, -0.15) is 5.26 Å². The van der Waals surface area contributed by atoms with Crippen LogP contribution in [0.2, 0.25) is 10.4 Å². The van der Waals surface area contributed by atoms with Crippen LogP contribution in [0, 0.1) is 17.2 Å². The smallest absolute Gasteiger partial charge is 0.225 e. The molecule has 0 aliphatic carbocycles. The maximum absolute atomic E-state index is 8.80. The number of nitrogens with zero attached hydrogens (tertiary/aromatic N) is 4. The van der Waals surface area contributed by atoms with Gasteiger partial charge >= 0.3 is 0 Å². The topological polar surface area (TPSA) is 52.8 Å². The van der Waals surface area contributed by atoms with Gasteiger partial charge in [-0.3, -0.25) is 0 Å². The number of hydrogen-bond donors (Lipinski definition) is 0. The van der Waals surface area contributed by atoms with E-state index in [2.05, 4.69) is 20.9 Å². The second kappa shape index (κ2) is 4.86. The van der Waals surface area contributed by atoms with Crippen LogP contribution in [-0.2, 0) is 0 Å². The van der Waals surface area contributed by atoms with Gasteiger partial charge in [0.05, 0.1) is 6.07 Å². The summed E-state index contributed by atoms with van der Waals surface area (Å²) < 4.78 is 0. The molecular weight excluding hydrogens is 247 g/mol. The van der Waals surface area contributed by atoms with E-state index in [4.69, 9.17) is 28.5 Å². The highest BCUT2D eigenvalue weighted by Crippen LogP contribution is 2.23. The first-order chi connectivity index (χ1) is 7.69. The average molecular weight is 257 g/mol. The van der Waals surface area contributed by atoms with Crippen molar-refractivity contribution in [2.45, 2.75) is 12.8 Å². The predicted octanol–water partition coefficient (Wildman–Crippen LogP) is 2.52. The van der Waals surface area contributed by atoms with Crippen molar-refractivity contribution < 1.29 is 0 Å². The molecule has 1 aliphatic rings. The molecule has 0 amide bonds. The molecule has 0 N–H and O–H groups in total. The number of halogens is 2. The highest BCUT2D eigenvalue weighted by molar-refractivity contribution is 6.32. The zero-order valence-corrected chi connectivity index (χ0v) is 10.0. The minimum atomic E-state index is 0.157. The first-order valence-corrected chi connectivity index (χ1v) is 5.79. The Morgan fingerprint density at radius 3 is 2.56 bits per heavy atom. The van der Waals surface area contributed by atoms with Gasteiger partial charge in [0, 0.05) is 25.1 Å². The lowest BCUT2D eigenvalue weighted by Gasteiger charge is -2.29. The summed E-state index contributed by atoms with van der Waals surface area (Å²) in [5.41, 5.74) is 0. The summed E-state index contributed by atoms with van der Waals surface area (Å²) in [6.07, 6.45) is 1.71. The molecule has 2 rings (SSSR count). The highest BCUT2D eigenvalue weighted by atomic mass is 35.5. The van der Waals surface area contributed by atoms with Gasteiger partial charge in [-0.1, -0.05) is 11.6 Å². The van der Waals surface area contributed by atoms with Gasteiger partial charge in [-0.05, 0) is 24.4 Å². The zero-order chi connectivity index (χ0) is 11.5. The lowest BCUT2D eigenvalue weighted by Crippen LogP contribution is -2.33. The van der Waals surface area contributed by atoms with Crippen molar-refractivity contribution in [2.24, 2.45) is 5.92 Å². The van der Waals surface area contributed by atoms with E-state index in [9.17, 15) is 0 Å². The van der Waals surface area contributed by atoms with Crippen molar-refractivity contribution in [3.8, 4) is 6.07 Å². The number of anilines is 1. The van der Waals surface area contributed by atoms with E-state index in [1.54, 1.807) is 6.07 Å². The van der Waals surface area contributed by atoms with Crippen molar-refractivity contribution in [2.75, 3.05) is 18.0 Å². The van der Waals surface area contributed by atoms with Crippen LogP contribution < -0.4 is 4.90 Å². The van der Waals surface area contributed by atoms with E-state index in [1.807, 2.05) is 0 Å². The van der Waals surface area contributed by atoms with E-state index in [0.717, 1.165) is 31.7 Å². The summed E-state index contributed by atoms with van der Waals surface area (Å²) in [6.45, 7) is 1.61. The fourth-order valence-corrected chi connectivity index (χ4v) is 2.18. The molecule has 1 fully saturated rings. The fraction of sp³-hybridized carbons (Fsp3) is 0.500. The fourth-order valence-electron chi connectivity index (χ4n) is 1.78. The van der Waals surface area contributed by atoms with Gasteiger partial charge < -0.3 is 4.90 Å². The average Bonchev–Trinajstić information content (AvgIpc) is 2.28. The summed E-state index contributed by atoms with van der Waals surface area (Å²) in [7, 11) is 0. The zero-order valence-electron chi connectivity index (χ0n) is 8.53. The van der Waals surface area contributed by atoms with Gasteiger partial charge in [-0.15, -0.1) is 0 Å². The molecule has 84 valence electrons. The Morgan fingerprint density at radius 2 is 2.00 bits per heavy atom. The largest absolute Gasteiger partial charge is 0.356 e. The molecule has 2 heterocycles. The van der Waals surface area contributed by atoms with Crippen molar-refractivity contribution >= 4 is 29.0 Å². The molecule has 0 aromatic carbocycles. The molecule has 4 nitrogen and oxygen atoms in total. The standard InChI is InChI=1S/C10H10Cl2N4/c11-8-5-9(15-10(12)14-8)16-3-1-7(6-13)2-4-16/h5,7H,1-4H2. The van der Waals surface area contributed by atoms with Crippen LogP contribution in [0.15, 0.2) is 6.07 Å². The van der Waals surface area contributed by atoms with E-state index >= 15 is 0 Å². The van der Waals surface area contributed by atoms with Crippen molar-refractivity contribution in [3.63, 3.8) is 0 Å². The predicted molar refractivity (Wildman–Crippen MR) is 62.6 cm³/mol. The molecule has 16 heavy (non-hydrogen) atoms. The van der Waals surface area contributed by atoms with Crippen LogP contribution in [0.5, 0.6) is 0 Å². The number of piperidine rings is 1. The van der Waals surface area contributed by atoms with Gasteiger partial charge in [-0.25, -0.2) is 9.97 Å². The van der Waals surface area contributed by atoms with E-state index in [0.29, 0.717) is 5.15 Å². The third-order valence-electron chi connectivity index (χ3n) is 2.66. The molecule has 0 atom stereocenters. The van der Waals surface area contributed by atoms with E-state index in [-0.39, 0.29) is 11.2 Å². The third kappa shape index (κ3) is 2.55. The summed E-state index contributed by atoms with van der Waals surface area (Å²) in [6, 6.07) is 3.98. The Hall–Kier alpha value is -1.05. The van der Waals surface area contributed by atoms with Crippen molar-refractivity contribution in [3.05, 3.63) is 16.5 Å². The Morgan fingerprint density at radius 1 is 1.31 bits per heavy atom. The molecule has 1 aromatic heterocycles. The van der Waals surface area contributed by atoms with Gasteiger partial charge in [0.1, 0.15) is 11.0 Å². The molecule has 1 aromatic rings. The van der Waals surface area contributed by atoms with Crippen LogP contribution in [-0.4, -0.2) is 23.1 Å². The Kier molecular flexibility index (Phi) is 3.47. The summed E-state index contributed by atoms with van der Waals surface area (Å²) in [4.78, 5) is 10.00. The second-order valence-electron chi connectivity index (χ2n) is 3.71. The van der Waals surface area contributed by atoms with Gasteiger partial charge in [0.2, 0.25) is 5.28 Å². The number of aromatic nitrogens is 2. The molecule has 0 saturated carbocycles. The Bertz CT molecular complexity index is 401. The van der Waals surface area contributed by atoms with Crippen molar-refractivity contribution in [1.82, 2.24) is 9.97 Å². The maximum Gasteiger partial charge on any atom is 0.225 e. The molecule has 0 radical (unpaired) electrons. The monoisotopic (exact) mass is 256 g/mol. The molecule has 0 spiro atoms. The first-order valence-electron chi connectivity index (χ1n) is 5.03. The molecule has 6 heteroatoms. The van der Waals surface area contributed by atoms with E-state index < -0.39 is 0 Å². The maximum atomic E-state index is 8.80. The van der Waals surface area contributed by atoms with Crippen LogP contribution in [0.4, 0.5) is 5.82 Å². The Balaban J connectivity index is 2.11. The Labute approximate surface area is 104 Å². The number of nitriles is 1. The molecule has 1 aliphatic heterocycles. The van der Waals surface area contributed by atoms with Crippen molar-refractivity contribution in [1.29, 1.82) is 5.26 Å². The minimum absolute atomic E-state index is 0.157. The summed E-state index contributed by atoms with van der Waals surface area (Å²) in [5, 5.41) is 9.30. The van der Waals surface area contributed by atoms with Gasteiger partial charge in [0.15, 0.2) is 0 Å². The van der Waals surface area contributed by atoms with Crippen LogP contribution in [0.25, 0.3) is 0 Å². The van der Waals surface area contributed by atoms with Crippen LogP contribution >= 0.6 is 23.2 Å². The third-order valence-corrected chi connectivity index (χ3v) is 3.02. The number of hydrogen-bond acceptors (Lipinski definition) is 4. The van der Waals surface area contributed by atoms with Crippen LogP contribution in [0.1, 0.15) is 12.8 Å². The lowest BCUT2D eigenvalue weighted by atomic mass is 9.99. The number of rotatable bonds is 1. The van der Waals surface area contributed by atoms with Crippen LogP contribution in [0.3, 0.4) is 0 Å². The molecular formula is C10H10Cl2N4. The second-order valence-corrected chi connectivity index (χ2v) is 4.43. The SMILES string of the molecule is N#CC1CCN(c2cc(Cl)nc(Cl)n2)CC1. The normalized spacial score (nSPS) is 17.2. The molecule has 0 bridgehead atoms. The summed E-state index contributed by atoms with van der Waals surface area (Å²) in [5.74, 6) is 0.894. The van der Waals surface area contributed by atoms with E-state index in [1.165, 1.54) is 0 Å². The quantitative estimate of drug-likeness (QED) is 0.573. The first kappa shape index (κ1) is 11.4. The lowest BCUT2D eigenvalue weighted by molar-refractivity contribution is 0.485. The minimum Gasteiger partial charge on any atom is -0.356 e.